The van der Waals surface area contributed by atoms with Gasteiger partial charge in [0.1, 0.15) is 5.78 Å². The molecule has 0 radical (unpaired) electrons. The summed E-state index contributed by atoms with van der Waals surface area (Å²) in [5.74, 6) is -1.36. The maximum atomic E-state index is 11.5. The van der Waals surface area contributed by atoms with Crippen LogP contribution in [0.5, 0.6) is 0 Å². The van der Waals surface area contributed by atoms with Crippen molar-refractivity contribution in [3.63, 3.8) is 0 Å². The molecule has 1 aliphatic heterocycles. The van der Waals surface area contributed by atoms with Crippen LogP contribution in [0, 0.1) is 0 Å². The van der Waals surface area contributed by atoms with Crippen LogP contribution in [0.1, 0.15) is 19.8 Å². The Bertz CT molecular complexity index is 280. The molecule has 8 heteroatoms. The number of halogens is 1. The first kappa shape index (κ1) is 14.9. The van der Waals surface area contributed by atoms with Crippen LogP contribution >= 0.6 is 20.0 Å². The number of carbonyl (C=O) groups excluding carboxylic acids is 1. The molecule has 0 aromatic carbocycles. The third kappa shape index (κ3) is 3.43. The Hall–Kier alpha value is -0.130. The van der Waals surface area contributed by atoms with Gasteiger partial charge in [-0.15, -0.1) is 12.4 Å². The van der Waals surface area contributed by atoms with E-state index in [1.165, 1.54) is 11.8 Å². The van der Waals surface area contributed by atoms with Gasteiger partial charge in [0, 0.05) is 6.54 Å². The molecule has 0 spiro atoms. The Balaban J connectivity index is 0.00000196. The summed E-state index contributed by atoms with van der Waals surface area (Å²) >= 11 is 0. The lowest BCUT2D eigenvalue weighted by Gasteiger charge is -2.26. The highest BCUT2D eigenvalue weighted by Crippen LogP contribution is 2.47. The zero-order valence-electron chi connectivity index (χ0n) is 8.37. The number of carbonyl (C=O) groups is 1. The van der Waals surface area contributed by atoms with Crippen LogP contribution in [0.2, 0.25) is 0 Å². The molecule has 0 aliphatic carbocycles. The topological polar surface area (TPSA) is 104 Å². The van der Waals surface area contributed by atoms with Gasteiger partial charge >= 0.3 is 7.60 Å². The highest BCUT2D eigenvalue weighted by Gasteiger charge is 2.41. The van der Waals surface area contributed by atoms with E-state index >= 15 is 0 Å². The molecule has 4 N–H and O–H groups in total. The number of hydrogen-bond donors (Lipinski definition) is 3. The van der Waals surface area contributed by atoms with E-state index in [1.807, 2.05) is 0 Å². The van der Waals surface area contributed by atoms with Crippen molar-refractivity contribution in [2.24, 2.45) is 5.73 Å². The fourth-order valence-corrected chi connectivity index (χ4v) is 2.73. The van der Waals surface area contributed by atoms with Crippen molar-refractivity contribution in [2.75, 3.05) is 6.54 Å². The molecular formula is C7H16ClN2O4P. The average molecular weight is 259 g/mol. The predicted octanol–water partition coefficient (Wildman–Crippen LogP) is -0.118. The van der Waals surface area contributed by atoms with Gasteiger partial charge in [0.15, 0.2) is 0 Å². The van der Waals surface area contributed by atoms with Gasteiger partial charge in [-0.05, 0) is 19.8 Å². The summed E-state index contributed by atoms with van der Waals surface area (Å²) in [4.78, 5) is 30.6. The third-order valence-electron chi connectivity index (χ3n) is 2.28. The fraction of sp³-hybridized carbons (Fsp3) is 0.857. The van der Waals surface area contributed by atoms with E-state index in [-0.39, 0.29) is 12.4 Å². The molecule has 1 rings (SSSR count). The fourth-order valence-electron chi connectivity index (χ4n) is 1.62. The second-order valence-electron chi connectivity index (χ2n) is 3.53. The lowest BCUT2D eigenvalue weighted by molar-refractivity contribution is -0.132. The zero-order valence-corrected chi connectivity index (χ0v) is 10.1. The van der Waals surface area contributed by atoms with Crippen LogP contribution < -0.4 is 5.73 Å². The molecule has 1 heterocycles. The van der Waals surface area contributed by atoms with Gasteiger partial charge in [0.25, 0.3) is 0 Å². The highest BCUT2D eigenvalue weighted by atomic mass is 35.5. The molecular weight excluding hydrogens is 243 g/mol. The minimum absolute atomic E-state index is 0. The summed E-state index contributed by atoms with van der Waals surface area (Å²) in [6.07, 6.45) is 0.969. The Morgan fingerprint density at radius 3 is 2.53 bits per heavy atom. The van der Waals surface area contributed by atoms with Crippen molar-refractivity contribution in [3.05, 3.63) is 0 Å². The summed E-state index contributed by atoms with van der Waals surface area (Å²) in [6.45, 7) is 1.90. The van der Waals surface area contributed by atoms with E-state index in [4.69, 9.17) is 15.5 Å². The van der Waals surface area contributed by atoms with Crippen molar-refractivity contribution >= 4 is 25.9 Å². The number of hydrogen-bond acceptors (Lipinski definition) is 3. The largest absolute Gasteiger partial charge is 0.347 e. The number of rotatable bonds is 2. The first-order chi connectivity index (χ1) is 6.34. The molecule has 90 valence electrons. The Morgan fingerprint density at radius 1 is 1.60 bits per heavy atom. The van der Waals surface area contributed by atoms with Crippen molar-refractivity contribution in [3.8, 4) is 0 Å². The number of nitrogens with zero attached hydrogens (tertiary/aromatic N) is 1. The van der Waals surface area contributed by atoms with Gasteiger partial charge in [-0.1, -0.05) is 0 Å². The van der Waals surface area contributed by atoms with E-state index < -0.39 is 25.3 Å². The molecule has 0 saturated carbocycles. The Kier molecular flexibility index (Phi) is 5.23. The molecule has 15 heavy (non-hydrogen) atoms. The van der Waals surface area contributed by atoms with Crippen LogP contribution in [-0.2, 0) is 9.36 Å². The molecule has 0 aromatic rings. The van der Waals surface area contributed by atoms with Gasteiger partial charge in [-0.2, -0.15) is 0 Å². The lowest BCUT2D eigenvalue weighted by atomic mass is 10.3. The quantitative estimate of drug-likeness (QED) is 0.599. The zero-order chi connectivity index (χ0) is 10.9. The second-order valence-corrected chi connectivity index (χ2v) is 5.31. The molecule has 0 aromatic heterocycles. The lowest BCUT2D eigenvalue weighted by Crippen LogP contribution is -2.44. The van der Waals surface area contributed by atoms with E-state index in [9.17, 15) is 9.36 Å². The predicted molar refractivity (Wildman–Crippen MR) is 57.7 cm³/mol. The third-order valence-corrected chi connectivity index (χ3v) is 3.60. The molecule has 1 amide bonds. The molecule has 0 bridgehead atoms. The molecule has 2 atom stereocenters. The standard InChI is InChI=1S/C7H15N2O4P.ClH/c1-5(8)7(10)9-4-2-3-6(9)14(11,12)13;/h5-6H,2-4,8H2,1H3,(H2,11,12,13);1H/t5-,6-;/m0./s1. The van der Waals surface area contributed by atoms with Crippen molar-refractivity contribution in [1.82, 2.24) is 4.90 Å². The summed E-state index contributed by atoms with van der Waals surface area (Å²) < 4.78 is 11.0. The van der Waals surface area contributed by atoms with Crippen LogP contribution in [0.3, 0.4) is 0 Å². The van der Waals surface area contributed by atoms with Crippen LogP contribution in [0.4, 0.5) is 0 Å². The van der Waals surface area contributed by atoms with Crippen LogP contribution in [-0.4, -0.2) is 39.0 Å². The molecule has 1 aliphatic rings. The average Bonchev–Trinajstić information content (AvgIpc) is 2.48. The van der Waals surface area contributed by atoms with Crippen molar-refractivity contribution in [2.45, 2.75) is 31.6 Å². The number of likely N-dealkylation sites (tertiary alicyclic amines) is 1. The van der Waals surface area contributed by atoms with Crippen LogP contribution in [0.25, 0.3) is 0 Å². The van der Waals surface area contributed by atoms with Crippen molar-refractivity contribution in [1.29, 1.82) is 0 Å². The summed E-state index contributed by atoms with van der Waals surface area (Å²) in [5, 5.41) is 0. The maximum absolute atomic E-state index is 11.5. The molecule has 0 unspecified atom stereocenters. The van der Waals surface area contributed by atoms with Crippen LogP contribution in [0.15, 0.2) is 0 Å². The Morgan fingerprint density at radius 2 is 2.13 bits per heavy atom. The molecule has 1 saturated heterocycles. The summed E-state index contributed by atoms with van der Waals surface area (Å²) in [6, 6.07) is -0.706. The normalized spacial score (nSPS) is 23.5. The minimum atomic E-state index is -4.21. The van der Waals surface area contributed by atoms with E-state index in [1.54, 1.807) is 0 Å². The second kappa shape index (κ2) is 5.27. The smallest absolute Gasteiger partial charge is 0.327 e. The van der Waals surface area contributed by atoms with E-state index in [0.29, 0.717) is 19.4 Å². The van der Waals surface area contributed by atoms with Crippen molar-refractivity contribution < 1.29 is 19.1 Å². The van der Waals surface area contributed by atoms with Gasteiger partial charge in [-0.25, -0.2) is 0 Å². The molecule has 1 fully saturated rings. The summed E-state index contributed by atoms with van der Waals surface area (Å²) in [5.41, 5.74) is 5.38. The monoisotopic (exact) mass is 258 g/mol. The first-order valence-corrected chi connectivity index (χ1v) is 6.13. The van der Waals surface area contributed by atoms with Gasteiger partial charge in [0.2, 0.25) is 5.91 Å². The SMILES string of the molecule is C[C@H](N)C(=O)N1CCC[C@@H]1P(=O)(O)O.Cl. The van der Waals surface area contributed by atoms with E-state index in [2.05, 4.69) is 0 Å². The van der Waals surface area contributed by atoms with E-state index in [0.717, 1.165) is 0 Å². The Labute approximate surface area is 94.4 Å². The number of nitrogens with two attached hydrogens (primary N) is 1. The van der Waals surface area contributed by atoms with Gasteiger partial charge in [-0.3, -0.25) is 9.36 Å². The summed E-state index contributed by atoms with van der Waals surface area (Å²) in [7, 11) is -4.21. The van der Waals surface area contributed by atoms with Gasteiger partial charge in [0.05, 0.1) is 6.04 Å². The number of amides is 1. The maximum Gasteiger partial charge on any atom is 0.347 e. The van der Waals surface area contributed by atoms with Gasteiger partial charge < -0.3 is 20.4 Å². The minimum Gasteiger partial charge on any atom is -0.327 e. The first-order valence-electron chi connectivity index (χ1n) is 4.45. The molecule has 6 nitrogen and oxygen atoms in total. The highest BCUT2D eigenvalue weighted by molar-refractivity contribution is 7.52.